The SMILES string of the molecule is Cn1c(C2CCCCN2C(=O)/C=C/c2cccnc2)nc2ccccc21. The lowest BCUT2D eigenvalue weighted by atomic mass is 10.0. The summed E-state index contributed by atoms with van der Waals surface area (Å²) in [5.41, 5.74) is 3.01. The molecule has 5 nitrogen and oxygen atoms in total. The molecule has 1 unspecified atom stereocenters. The van der Waals surface area contributed by atoms with Crippen molar-refractivity contribution in [3.63, 3.8) is 0 Å². The number of para-hydroxylation sites is 2. The van der Waals surface area contributed by atoms with E-state index in [9.17, 15) is 4.79 Å². The summed E-state index contributed by atoms with van der Waals surface area (Å²) in [6.07, 6.45) is 10.1. The predicted octanol–water partition coefficient (Wildman–Crippen LogP) is 3.74. The number of carbonyl (C=O) groups excluding carboxylic acids is 1. The number of amides is 1. The molecule has 5 heteroatoms. The van der Waals surface area contributed by atoms with E-state index in [2.05, 4.69) is 15.6 Å². The zero-order valence-corrected chi connectivity index (χ0v) is 14.9. The first-order valence-electron chi connectivity index (χ1n) is 9.04. The summed E-state index contributed by atoms with van der Waals surface area (Å²) in [5, 5.41) is 0. The number of imidazole rings is 1. The number of hydrogen-bond donors (Lipinski definition) is 0. The third kappa shape index (κ3) is 3.12. The molecule has 4 rings (SSSR count). The topological polar surface area (TPSA) is 51.0 Å². The van der Waals surface area contributed by atoms with Gasteiger partial charge in [0.25, 0.3) is 0 Å². The zero-order valence-electron chi connectivity index (χ0n) is 14.9. The lowest BCUT2D eigenvalue weighted by Crippen LogP contribution is -2.38. The van der Waals surface area contributed by atoms with Crippen molar-refractivity contribution in [2.75, 3.05) is 6.54 Å². The minimum absolute atomic E-state index is 0.0206. The number of piperidine rings is 1. The van der Waals surface area contributed by atoms with Crippen molar-refractivity contribution in [1.82, 2.24) is 19.4 Å². The molecular weight excluding hydrogens is 324 g/mol. The highest BCUT2D eigenvalue weighted by Crippen LogP contribution is 2.32. The molecule has 3 aromatic rings. The molecule has 0 spiro atoms. The van der Waals surface area contributed by atoms with E-state index in [1.165, 1.54) is 0 Å². The summed E-state index contributed by atoms with van der Waals surface area (Å²) in [4.78, 5) is 23.7. The van der Waals surface area contributed by atoms with E-state index in [1.54, 1.807) is 18.5 Å². The number of fused-ring (bicyclic) bond motifs is 1. The molecule has 1 aromatic carbocycles. The zero-order chi connectivity index (χ0) is 17.9. The van der Waals surface area contributed by atoms with Gasteiger partial charge in [0.05, 0.1) is 17.1 Å². The molecular formula is C21H22N4O. The normalized spacial score (nSPS) is 17.9. The van der Waals surface area contributed by atoms with Gasteiger partial charge in [-0.15, -0.1) is 0 Å². The Bertz CT molecular complexity index is 945. The molecule has 1 aliphatic rings. The van der Waals surface area contributed by atoms with Crippen molar-refractivity contribution in [3.05, 3.63) is 66.3 Å². The number of nitrogens with zero attached hydrogens (tertiary/aromatic N) is 4. The van der Waals surface area contributed by atoms with Gasteiger partial charge in [-0.25, -0.2) is 4.98 Å². The number of hydrogen-bond acceptors (Lipinski definition) is 3. The van der Waals surface area contributed by atoms with Gasteiger partial charge in [-0.05, 0) is 49.1 Å². The Morgan fingerprint density at radius 2 is 2.08 bits per heavy atom. The third-order valence-corrected chi connectivity index (χ3v) is 5.01. The Morgan fingerprint density at radius 3 is 2.88 bits per heavy atom. The fourth-order valence-corrected chi connectivity index (χ4v) is 3.66. The van der Waals surface area contributed by atoms with E-state index < -0.39 is 0 Å². The fourth-order valence-electron chi connectivity index (χ4n) is 3.66. The van der Waals surface area contributed by atoms with E-state index >= 15 is 0 Å². The molecule has 0 bridgehead atoms. The summed E-state index contributed by atoms with van der Waals surface area (Å²) >= 11 is 0. The van der Waals surface area contributed by atoms with Gasteiger partial charge in [-0.2, -0.15) is 0 Å². The summed E-state index contributed by atoms with van der Waals surface area (Å²) in [7, 11) is 2.04. The minimum atomic E-state index is 0.0206. The summed E-state index contributed by atoms with van der Waals surface area (Å²) in [6.45, 7) is 0.768. The quantitative estimate of drug-likeness (QED) is 0.679. The van der Waals surface area contributed by atoms with Crippen LogP contribution >= 0.6 is 0 Å². The van der Waals surface area contributed by atoms with Gasteiger partial charge < -0.3 is 9.47 Å². The molecule has 0 radical (unpaired) electrons. The standard InChI is InChI=1S/C21H22N4O/c1-24-18-9-3-2-8-17(18)23-21(24)19-10-4-5-14-25(19)20(26)12-11-16-7-6-13-22-15-16/h2-3,6-9,11-13,15,19H,4-5,10,14H2,1H3/b12-11+. The highest BCUT2D eigenvalue weighted by molar-refractivity contribution is 5.92. The number of aryl methyl sites for hydroxylation is 1. The molecule has 0 N–H and O–H groups in total. The Kier molecular flexibility index (Phi) is 4.52. The summed E-state index contributed by atoms with van der Waals surface area (Å²) < 4.78 is 2.12. The minimum Gasteiger partial charge on any atom is -0.329 e. The maximum absolute atomic E-state index is 12.9. The number of benzene rings is 1. The molecule has 1 atom stereocenters. The van der Waals surface area contributed by atoms with Gasteiger partial charge in [0, 0.05) is 32.1 Å². The van der Waals surface area contributed by atoms with Crippen LogP contribution in [0.5, 0.6) is 0 Å². The predicted molar refractivity (Wildman–Crippen MR) is 102 cm³/mol. The monoisotopic (exact) mass is 346 g/mol. The van der Waals surface area contributed by atoms with Gasteiger partial charge >= 0.3 is 0 Å². The van der Waals surface area contributed by atoms with Crippen LogP contribution in [0.15, 0.2) is 54.9 Å². The Balaban J connectivity index is 1.62. The highest BCUT2D eigenvalue weighted by atomic mass is 16.2. The number of carbonyl (C=O) groups is 1. The number of likely N-dealkylation sites (tertiary alicyclic amines) is 1. The van der Waals surface area contributed by atoms with E-state index in [0.717, 1.165) is 48.2 Å². The van der Waals surface area contributed by atoms with Crippen LogP contribution in [0.4, 0.5) is 0 Å². The molecule has 132 valence electrons. The van der Waals surface area contributed by atoms with Gasteiger partial charge in [-0.3, -0.25) is 9.78 Å². The Hall–Kier alpha value is -2.95. The van der Waals surface area contributed by atoms with Crippen molar-refractivity contribution in [3.8, 4) is 0 Å². The number of aromatic nitrogens is 3. The first-order chi connectivity index (χ1) is 12.7. The maximum atomic E-state index is 12.9. The molecule has 1 amide bonds. The molecule has 2 aromatic heterocycles. The number of rotatable bonds is 3. The van der Waals surface area contributed by atoms with Crippen LogP contribution in [0.25, 0.3) is 17.1 Å². The van der Waals surface area contributed by atoms with Crippen LogP contribution in [-0.2, 0) is 11.8 Å². The third-order valence-electron chi connectivity index (χ3n) is 5.01. The second-order valence-electron chi connectivity index (χ2n) is 6.68. The summed E-state index contributed by atoms with van der Waals surface area (Å²) in [6, 6.07) is 11.9. The largest absolute Gasteiger partial charge is 0.329 e. The van der Waals surface area contributed by atoms with Gasteiger partial charge in [-0.1, -0.05) is 18.2 Å². The Morgan fingerprint density at radius 1 is 1.19 bits per heavy atom. The van der Waals surface area contributed by atoms with E-state index in [0.29, 0.717) is 0 Å². The first kappa shape index (κ1) is 16.5. The van der Waals surface area contributed by atoms with Crippen molar-refractivity contribution in [1.29, 1.82) is 0 Å². The lowest BCUT2D eigenvalue weighted by molar-refractivity contribution is -0.129. The van der Waals surface area contributed by atoms with Crippen LogP contribution < -0.4 is 0 Å². The van der Waals surface area contributed by atoms with Crippen LogP contribution in [0.1, 0.15) is 36.7 Å². The first-order valence-corrected chi connectivity index (χ1v) is 9.04. The molecule has 1 saturated heterocycles. The molecule has 1 fully saturated rings. The Labute approximate surface area is 153 Å². The van der Waals surface area contributed by atoms with E-state index in [1.807, 2.05) is 48.4 Å². The number of pyridine rings is 1. The van der Waals surface area contributed by atoms with Crippen molar-refractivity contribution in [2.24, 2.45) is 7.05 Å². The highest BCUT2D eigenvalue weighted by Gasteiger charge is 2.30. The van der Waals surface area contributed by atoms with Crippen LogP contribution in [0.3, 0.4) is 0 Å². The van der Waals surface area contributed by atoms with Crippen molar-refractivity contribution < 1.29 is 4.79 Å². The van der Waals surface area contributed by atoms with Gasteiger partial charge in [0.2, 0.25) is 5.91 Å². The smallest absolute Gasteiger partial charge is 0.247 e. The maximum Gasteiger partial charge on any atom is 0.247 e. The van der Waals surface area contributed by atoms with Crippen LogP contribution in [0.2, 0.25) is 0 Å². The average Bonchev–Trinajstić information content (AvgIpc) is 3.04. The van der Waals surface area contributed by atoms with Gasteiger partial charge in [0.1, 0.15) is 5.82 Å². The van der Waals surface area contributed by atoms with Crippen molar-refractivity contribution in [2.45, 2.75) is 25.3 Å². The van der Waals surface area contributed by atoms with Crippen molar-refractivity contribution >= 4 is 23.0 Å². The molecule has 3 heterocycles. The summed E-state index contributed by atoms with van der Waals surface area (Å²) in [5.74, 6) is 1.000. The second-order valence-corrected chi connectivity index (χ2v) is 6.68. The van der Waals surface area contributed by atoms with E-state index in [4.69, 9.17) is 4.98 Å². The molecule has 1 aliphatic heterocycles. The lowest BCUT2D eigenvalue weighted by Gasteiger charge is -2.34. The molecule has 0 saturated carbocycles. The molecule has 0 aliphatic carbocycles. The second kappa shape index (κ2) is 7.12. The van der Waals surface area contributed by atoms with Gasteiger partial charge in [0.15, 0.2) is 0 Å². The molecule has 26 heavy (non-hydrogen) atoms. The average molecular weight is 346 g/mol. The van der Waals surface area contributed by atoms with Crippen LogP contribution in [-0.4, -0.2) is 31.9 Å². The van der Waals surface area contributed by atoms with E-state index in [-0.39, 0.29) is 11.9 Å². The van der Waals surface area contributed by atoms with Crippen LogP contribution in [0, 0.1) is 0 Å². The fraction of sp³-hybridized carbons (Fsp3) is 0.286.